The molecular weight excluding hydrogens is 284 g/mol. The predicted molar refractivity (Wildman–Crippen MR) is 85.1 cm³/mol. The predicted octanol–water partition coefficient (Wildman–Crippen LogP) is 2.18. The molecule has 2 amide bonds. The first kappa shape index (κ1) is 15.2. The Kier molecular flexibility index (Phi) is 4.48. The molecule has 1 N–H and O–H groups in total. The van der Waals surface area contributed by atoms with Gasteiger partial charge in [-0.3, -0.25) is 9.59 Å². The number of rotatable bonds is 5. The van der Waals surface area contributed by atoms with Gasteiger partial charge in [0.15, 0.2) is 0 Å². The molecule has 0 bridgehead atoms. The van der Waals surface area contributed by atoms with E-state index in [9.17, 15) is 9.59 Å². The fourth-order valence-electron chi connectivity index (χ4n) is 3.87. The van der Waals surface area contributed by atoms with Crippen LogP contribution in [0.25, 0.3) is 0 Å². The maximum atomic E-state index is 12.9. The second-order valence-electron chi connectivity index (χ2n) is 6.54. The van der Waals surface area contributed by atoms with Gasteiger partial charge in [0, 0.05) is 11.3 Å². The summed E-state index contributed by atoms with van der Waals surface area (Å²) in [7, 11) is 0. The fourth-order valence-corrected chi connectivity index (χ4v) is 5.01. The molecule has 0 radical (unpaired) electrons. The normalized spacial score (nSPS) is 37.0. The Hall–Kier alpha value is -0.710. The summed E-state index contributed by atoms with van der Waals surface area (Å²) in [6.07, 6.45) is 6.19. The summed E-state index contributed by atoms with van der Waals surface area (Å²) >= 11 is 2.00. The van der Waals surface area contributed by atoms with Crippen LogP contribution in [-0.2, 0) is 9.59 Å². The Morgan fingerprint density at radius 3 is 2.57 bits per heavy atom. The van der Waals surface area contributed by atoms with E-state index in [0.717, 1.165) is 37.9 Å². The highest BCUT2D eigenvalue weighted by atomic mass is 32.2. The summed E-state index contributed by atoms with van der Waals surface area (Å²) in [4.78, 5) is 27.2. The van der Waals surface area contributed by atoms with Gasteiger partial charge >= 0.3 is 0 Å². The number of nitrogens with zero attached hydrogens (tertiary/aromatic N) is 1. The molecule has 4 unspecified atom stereocenters. The molecule has 0 aromatic carbocycles. The summed E-state index contributed by atoms with van der Waals surface area (Å²) in [5.41, 5.74) is 0. The van der Waals surface area contributed by atoms with Crippen LogP contribution in [0.5, 0.6) is 0 Å². The van der Waals surface area contributed by atoms with Crippen molar-refractivity contribution in [2.24, 2.45) is 5.92 Å². The molecule has 118 valence electrons. The van der Waals surface area contributed by atoms with Crippen LogP contribution in [0.2, 0.25) is 0 Å². The number of hydrogen-bond acceptors (Lipinski definition) is 3. The lowest BCUT2D eigenvalue weighted by Gasteiger charge is -2.42. The largest absolute Gasteiger partial charge is 0.342 e. The molecule has 5 heteroatoms. The fraction of sp³-hybridized carbons (Fsp3) is 0.875. The van der Waals surface area contributed by atoms with E-state index >= 15 is 0 Å². The second-order valence-corrected chi connectivity index (χ2v) is 8.11. The van der Waals surface area contributed by atoms with Gasteiger partial charge in [-0.2, -0.15) is 11.8 Å². The number of carbonyl (C=O) groups is 2. The molecule has 0 aromatic rings. The van der Waals surface area contributed by atoms with E-state index in [0.29, 0.717) is 11.2 Å². The van der Waals surface area contributed by atoms with Crippen molar-refractivity contribution in [3.05, 3.63) is 0 Å². The molecule has 3 fully saturated rings. The summed E-state index contributed by atoms with van der Waals surface area (Å²) in [5, 5.41) is 3.65. The molecule has 0 aromatic heterocycles. The van der Waals surface area contributed by atoms with Gasteiger partial charge in [0.05, 0.1) is 0 Å². The van der Waals surface area contributed by atoms with Crippen LogP contribution < -0.4 is 5.32 Å². The standard InChI is InChI=1S/C16H26N2O2S/c1-3-13-15(19)17-14(10-5-6-10)16(20)18(13)11-7-8-12(9-11)21-4-2/h10-14H,3-9H2,1-2H3,(H,17,19). The molecule has 3 rings (SSSR count). The highest BCUT2D eigenvalue weighted by Gasteiger charge is 2.49. The van der Waals surface area contributed by atoms with Crippen LogP contribution in [0, 0.1) is 5.92 Å². The van der Waals surface area contributed by atoms with Crippen LogP contribution in [0.3, 0.4) is 0 Å². The zero-order valence-corrected chi connectivity index (χ0v) is 13.8. The van der Waals surface area contributed by atoms with Gasteiger partial charge in [-0.25, -0.2) is 0 Å². The smallest absolute Gasteiger partial charge is 0.246 e. The average molecular weight is 310 g/mol. The van der Waals surface area contributed by atoms with Crippen LogP contribution in [0.15, 0.2) is 0 Å². The Morgan fingerprint density at radius 1 is 1.19 bits per heavy atom. The number of carbonyl (C=O) groups excluding carboxylic acids is 2. The van der Waals surface area contributed by atoms with Crippen LogP contribution in [-0.4, -0.2) is 45.8 Å². The minimum atomic E-state index is -0.247. The van der Waals surface area contributed by atoms with E-state index in [2.05, 4.69) is 12.2 Å². The number of thioether (sulfide) groups is 1. The van der Waals surface area contributed by atoms with Crippen molar-refractivity contribution < 1.29 is 9.59 Å². The first-order valence-corrected chi connectivity index (χ1v) is 9.44. The molecule has 21 heavy (non-hydrogen) atoms. The zero-order chi connectivity index (χ0) is 15.0. The van der Waals surface area contributed by atoms with Crippen molar-refractivity contribution in [1.82, 2.24) is 10.2 Å². The molecule has 1 aliphatic heterocycles. The topological polar surface area (TPSA) is 49.4 Å². The Labute approximate surface area is 131 Å². The number of nitrogens with one attached hydrogen (secondary N) is 1. The van der Waals surface area contributed by atoms with Crippen molar-refractivity contribution >= 4 is 23.6 Å². The van der Waals surface area contributed by atoms with Crippen molar-refractivity contribution in [2.45, 2.75) is 75.7 Å². The average Bonchev–Trinajstić information content (AvgIpc) is 3.21. The third-order valence-corrected chi connectivity index (χ3v) is 6.32. The van der Waals surface area contributed by atoms with Gasteiger partial charge in [0.25, 0.3) is 0 Å². The van der Waals surface area contributed by atoms with E-state index in [1.807, 2.05) is 23.6 Å². The molecule has 0 spiro atoms. The molecule has 2 saturated carbocycles. The van der Waals surface area contributed by atoms with Gasteiger partial charge in [0.2, 0.25) is 11.8 Å². The van der Waals surface area contributed by atoms with Crippen molar-refractivity contribution in [1.29, 1.82) is 0 Å². The van der Waals surface area contributed by atoms with Crippen LogP contribution in [0.4, 0.5) is 0 Å². The monoisotopic (exact) mass is 310 g/mol. The third kappa shape index (κ3) is 2.94. The van der Waals surface area contributed by atoms with Gasteiger partial charge in [-0.15, -0.1) is 0 Å². The summed E-state index contributed by atoms with van der Waals surface area (Å²) in [6, 6.07) is -0.208. The molecular formula is C16H26N2O2S. The Morgan fingerprint density at radius 2 is 1.95 bits per heavy atom. The van der Waals surface area contributed by atoms with Gasteiger partial charge in [0.1, 0.15) is 12.1 Å². The first-order valence-electron chi connectivity index (χ1n) is 8.39. The Balaban J connectivity index is 1.75. The third-order valence-electron chi connectivity index (χ3n) is 5.09. The number of piperazine rings is 1. The lowest BCUT2D eigenvalue weighted by atomic mass is 9.99. The SMILES string of the molecule is CCSC1CCC(N2C(=O)C(C3CC3)NC(=O)C2CC)C1. The van der Waals surface area contributed by atoms with Gasteiger partial charge in [-0.05, 0) is 50.2 Å². The minimum absolute atomic E-state index is 0.0700. The summed E-state index contributed by atoms with van der Waals surface area (Å²) < 4.78 is 0. The second kappa shape index (κ2) is 6.19. The van der Waals surface area contributed by atoms with E-state index in [1.54, 1.807) is 0 Å². The van der Waals surface area contributed by atoms with E-state index in [4.69, 9.17) is 0 Å². The summed E-state index contributed by atoms with van der Waals surface area (Å²) in [6.45, 7) is 4.20. The molecule has 1 saturated heterocycles. The maximum Gasteiger partial charge on any atom is 0.246 e. The molecule has 2 aliphatic carbocycles. The van der Waals surface area contributed by atoms with Gasteiger partial charge < -0.3 is 10.2 Å². The van der Waals surface area contributed by atoms with E-state index in [1.165, 1.54) is 6.42 Å². The van der Waals surface area contributed by atoms with E-state index in [-0.39, 0.29) is 29.9 Å². The molecule has 3 aliphatic rings. The highest BCUT2D eigenvalue weighted by Crippen LogP contribution is 2.39. The summed E-state index contributed by atoms with van der Waals surface area (Å²) in [5.74, 6) is 1.79. The highest BCUT2D eigenvalue weighted by molar-refractivity contribution is 7.99. The van der Waals surface area contributed by atoms with Gasteiger partial charge in [-0.1, -0.05) is 13.8 Å². The minimum Gasteiger partial charge on any atom is -0.342 e. The first-order chi connectivity index (χ1) is 10.2. The maximum absolute atomic E-state index is 12.9. The van der Waals surface area contributed by atoms with Crippen LogP contribution in [0.1, 0.15) is 52.4 Å². The van der Waals surface area contributed by atoms with Crippen LogP contribution >= 0.6 is 11.8 Å². The lowest BCUT2D eigenvalue weighted by Crippen LogP contribution is -2.65. The zero-order valence-electron chi connectivity index (χ0n) is 13.0. The number of hydrogen-bond donors (Lipinski definition) is 1. The quantitative estimate of drug-likeness (QED) is 0.847. The number of amides is 2. The van der Waals surface area contributed by atoms with E-state index < -0.39 is 0 Å². The van der Waals surface area contributed by atoms with Crippen molar-refractivity contribution in [2.75, 3.05) is 5.75 Å². The lowest BCUT2D eigenvalue weighted by molar-refractivity contribution is -0.152. The van der Waals surface area contributed by atoms with Crippen molar-refractivity contribution in [3.63, 3.8) is 0 Å². The van der Waals surface area contributed by atoms with Crippen molar-refractivity contribution in [3.8, 4) is 0 Å². The molecule has 4 atom stereocenters. The molecule has 1 heterocycles. The Bertz CT molecular complexity index is 425. The molecule has 4 nitrogen and oxygen atoms in total.